The molecule has 1 aliphatic rings. The van der Waals surface area contributed by atoms with E-state index in [0.29, 0.717) is 13.2 Å². The predicted molar refractivity (Wildman–Crippen MR) is 45.0 cm³/mol. The number of rotatable bonds is 2. The summed E-state index contributed by atoms with van der Waals surface area (Å²) in [6.07, 6.45) is 0.00347. The van der Waals surface area contributed by atoms with Crippen molar-refractivity contribution in [1.29, 1.82) is 0 Å². The molecule has 0 bridgehead atoms. The number of primary amides is 1. The van der Waals surface area contributed by atoms with E-state index in [2.05, 4.69) is 5.32 Å². The smallest absolute Gasteiger partial charge is 0.318 e. The number of hydrogen-bond donors (Lipinski definition) is 3. The Labute approximate surface area is 75.8 Å². The summed E-state index contributed by atoms with van der Waals surface area (Å²) < 4.78 is 5.25. The van der Waals surface area contributed by atoms with Gasteiger partial charge in [-0.25, -0.2) is 4.79 Å². The molecule has 1 atom stereocenters. The molecule has 1 rings (SSSR count). The van der Waals surface area contributed by atoms with E-state index in [4.69, 9.17) is 10.5 Å². The summed E-state index contributed by atoms with van der Waals surface area (Å²) in [6.45, 7) is 2.02. The first kappa shape index (κ1) is 9.94. The highest BCUT2D eigenvalue weighted by Gasteiger charge is 2.17. The van der Waals surface area contributed by atoms with E-state index < -0.39 is 11.9 Å². The highest BCUT2D eigenvalue weighted by molar-refractivity contribution is 5.93. The lowest BCUT2D eigenvalue weighted by atomic mass is 10.2. The van der Waals surface area contributed by atoms with Crippen LogP contribution in [0, 0.1) is 0 Å². The Balaban J connectivity index is 2.22. The van der Waals surface area contributed by atoms with Crippen LogP contribution in [-0.2, 0) is 9.53 Å². The second-order valence-electron chi connectivity index (χ2n) is 2.81. The lowest BCUT2D eigenvalue weighted by Crippen LogP contribution is -2.43. The Morgan fingerprint density at radius 3 is 2.92 bits per heavy atom. The first-order valence-electron chi connectivity index (χ1n) is 4.10. The van der Waals surface area contributed by atoms with Gasteiger partial charge < -0.3 is 15.8 Å². The Hall–Kier alpha value is -1.14. The second kappa shape index (κ2) is 4.78. The van der Waals surface area contributed by atoms with Crippen LogP contribution in [-0.4, -0.2) is 37.7 Å². The van der Waals surface area contributed by atoms with Gasteiger partial charge in [0.1, 0.15) is 0 Å². The Bertz CT molecular complexity index is 201. The van der Waals surface area contributed by atoms with Crippen LogP contribution in [0.3, 0.4) is 0 Å². The van der Waals surface area contributed by atoms with E-state index in [1.807, 2.05) is 5.32 Å². The normalized spacial score (nSPS) is 22.3. The summed E-state index contributed by atoms with van der Waals surface area (Å²) in [5.74, 6) is -0.402. The summed E-state index contributed by atoms with van der Waals surface area (Å²) in [5.41, 5.74) is 4.77. The first-order chi connectivity index (χ1) is 6.18. The van der Waals surface area contributed by atoms with Gasteiger partial charge in [-0.2, -0.15) is 0 Å². The predicted octanol–water partition coefficient (Wildman–Crippen LogP) is -1.44. The Kier molecular flexibility index (Phi) is 3.66. The molecule has 74 valence electrons. The number of urea groups is 1. The maximum absolute atomic E-state index is 11.0. The zero-order valence-electron chi connectivity index (χ0n) is 7.21. The molecule has 13 heavy (non-hydrogen) atoms. The van der Waals surface area contributed by atoms with E-state index in [1.165, 1.54) is 0 Å². The zero-order chi connectivity index (χ0) is 9.68. The van der Waals surface area contributed by atoms with Crippen molar-refractivity contribution in [3.8, 4) is 0 Å². The number of hydrogen-bond acceptors (Lipinski definition) is 4. The third-order valence-corrected chi connectivity index (χ3v) is 1.68. The average molecular weight is 187 g/mol. The molecule has 0 aromatic heterocycles. The fraction of sp³-hybridized carbons (Fsp3) is 0.714. The van der Waals surface area contributed by atoms with Crippen LogP contribution in [0.4, 0.5) is 4.79 Å². The lowest BCUT2D eigenvalue weighted by Gasteiger charge is -2.22. The summed E-state index contributed by atoms with van der Waals surface area (Å²) in [6, 6.07) is -0.825. The van der Waals surface area contributed by atoms with Crippen LogP contribution in [0.15, 0.2) is 0 Å². The molecule has 1 unspecified atom stereocenters. The molecule has 6 heteroatoms. The number of morpholine rings is 1. The van der Waals surface area contributed by atoms with Gasteiger partial charge in [-0.05, 0) is 0 Å². The molecule has 0 aromatic carbocycles. The lowest BCUT2D eigenvalue weighted by molar-refractivity contribution is -0.123. The van der Waals surface area contributed by atoms with Gasteiger partial charge in [-0.3, -0.25) is 10.1 Å². The quantitative estimate of drug-likeness (QED) is 0.493. The van der Waals surface area contributed by atoms with Gasteiger partial charge in [-0.1, -0.05) is 0 Å². The van der Waals surface area contributed by atoms with Gasteiger partial charge in [0.05, 0.1) is 19.1 Å². The molecule has 4 N–H and O–H groups in total. The molecule has 1 saturated heterocycles. The molecule has 6 nitrogen and oxygen atoms in total. The number of carbonyl (C=O) groups excluding carboxylic acids is 2. The summed E-state index contributed by atoms with van der Waals surface area (Å²) in [7, 11) is 0. The van der Waals surface area contributed by atoms with E-state index in [1.54, 1.807) is 0 Å². The van der Waals surface area contributed by atoms with Crippen LogP contribution in [0.2, 0.25) is 0 Å². The number of carbonyl (C=O) groups is 2. The zero-order valence-corrected chi connectivity index (χ0v) is 7.21. The van der Waals surface area contributed by atoms with Gasteiger partial charge >= 0.3 is 6.03 Å². The highest BCUT2D eigenvalue weighted by atomic mass is 16.5. The number of nitrogens with two attached hydrogens (primary N) is 1. The minimum Gasteiger partial charge on any atom is -0.375 e. The first-order valence-corrected chi connectivity index (χ1v) is 4.10. The van der Waals surface area contributed by atoms with Crippen LogP contribution in [0.1, 0.15) is 6.42 Å². The molecule has 0 radical (unpaired) electrons. The number of nitrogens with one attached hydrogen (secondary N) is 2. The van der Waals surface area contributed by atoms with Crippen LogP contribution in [0.5, 0.6) is 0 Å². The van der Waals surface area contributed by atoms with Crippen LogP contribution in [0.25, 0.3) is 0 Å². The Morgan fingerprint density at radius 1 is 1.62 bits per heavy atom. The maximum atomic E-state index is 11.0. The second-order valence-corrected chi connectivity index (χ2v) is 2.81. The molecule has 3 amide bonds. The van der Waals surface area contributed by atoms with E-state index in [-0.39, 0.29) is 12.5 Å². The molecule has 1 aliphatic heterocycles. The minimum absolute atomic E-state index is 0.159. The molecule has 0 aliphatic carbocycles. The van der Waals surface area contributed by atoms with Gasteiger partial charge in [0.15, 0.2) is 0 Å². The fourth-order valence-electron chi connectivity index (χ4n) is 1.15. The third kappa shape index (κ3) is 3.86. The largest absolute Gasteiger partial charge is 0.375 e. The summed E-state index contributed by atoms with van der Waals surface area (Å²) in [5, 5.41) is 5.05. The number of ether oxygens (including phenoxy) is 1. The van der Waals surface area contributed by atoms with E-state index in [0.717, 1.165) is 6.54 Å². The Morgan fingerprint density at radius 2 is 2.38 bits per heavy atom. The number of amides is 3. The van der Waals surface area contributed by atoms with Crippen molar-refractivity contribution in [1.82, 2.24) is 10.6 Å². The van der Waals surface area contributed by atoms with E-state index in [9.17, 15) is 9.59 Å². The van der Waals surface area contributed by atoms with Crippen molar-refractivity contribution in [2.75, 3.05) is 19.7 Å². The third-order valence-electron chi connectivity index (χ3n) is 1.68. The maximum Gasteiger partial charge on any atom is 0.318 e. The van der Waals surface area contributed by atoms with Crippen molar-refractivity contribution in [2.24, 2.45) is 5.73 Å². The van der Waals surface area contributed by atoms with Crippen molar-refractivity contribution in [3.05, 3.63) is 0 Å². The molecular weight excluding hydrogens is 174 g/mol. The monoisotopic (exact) mass is 187 g/mol. The van der Waals surface area contributed by atoms with Gasteiger partial charge in [0.2, 0.25) is 5.91 Å². The molecule has 0 saturated carbocycles. The molecule has 0 spiro atoms. The van der Waals surface area contributed by atoms with Crippen LogP contribution >= 0.6 is 0 Å². The highest BCUT2D eigenvalue weighted by Crippen LogP contribution is 2.00. The molecule has 1 heterocycles. The topological polar surface area (TPSA) is 93.5 Å². The van der Waals surface area contributed by atoms with Crippen molar-refractivity contribution in [2.45, 2.75) is 12.5 Å². The summed E-state index contributed by atoms with van der Waals surface area (Å²) >= 11 is 0. The molecule has 0 aromatic rings. The minimum atomic E-state index is -0.825. The van der Waals surface area contributed by atoms with Gasteiger partial charge in [0, 0.05) is 13.1 Å². The fourth-order valence-corrected chi connectivity index (χ4v) is 1.15. The standard InChI is InChI=1S/C7H13N3O3/c8-7(12)10-6(11)3-5-4-9-1-2-13-5/h5,9H,1-4H2,(H3,8,10,11,12). The van der Waals surface area contributed by atoms with E-state index >= 15 is 0 Å². The average Bonchev–Trinajstić information content (AvgIpc) is 2.04. The summed E-state index contributed by atoms with van der Waals surface area (Å²) in [4.78, 5) is 21.3. The van der Waals surface area contributed by atoms with Gasteiger partial charge in [0.25, 0.3) is 0 Å². The van der Waals surface area contributed by atoms with Gasteiger partial charge in [-0.15, -0.1) is 0 Å². The van der Waals surface area contributed by atoms with Crippen molar-refractivity contribution in [3.63, 3.8) is 0 Å². The SMILES string of the molecule is NC(=O)NC(=O)CC1CNCCO1. The van der Waals surface area contributed by atoms with Crippen molar-refractivity contribution >= 4 is 11.9 Å². The number of imide groups is 1. The van der Waals surface area contributed by atoms with Crippen LogP contribution < -0.4 is 16.4 Å². The molecular formula is C7H13N3O3. The van der Waals surface area contributed by atoms with Crippen molar-refractivity contribution < 1.29 is 14.3 Å². The molecule has 1 fully saturated rings.